The minimum atomic E-state index is -0.581. The van der Waals surface area contributed by atoms with Gasteiger partial charge in [0.25, 0.3) is 0 Å². The molecule has 0 amide bonds. The molecule has 0 heterocycles. The molecule has 0 saturated carbocycles. The highest BCUT2D eigenvalue weighted by Crippen LogP contribution is 2.66. The van der Waals surface area contributed by atoms with Gasteiger partial charge in [-0.3, -0.25) is 0 Å². The lowest BCUT2D eigenvalue weighted by atomic mass is 9.69. The molecule has 10 aromatic rings. The molecule has 0 bridgehead atoms. The van der Waals surface area contributed by atoms with Crippen molar-refractivity contribution < 1.29 is 0 Å². The maximum absolute atomic E-state index is 2.57. The van der Waals surface area contributed by atoms with E-state index in [-0.39, 0.29) is 0 Å². The van der Waals surface area contributed by atoms with E-state index in [1.54, 1.807) is 0 Å². The average Bonchev–Trinajstić information content (AvgIpc) is 3.80. The first-order valence-electron chi connectivity index (χ1n) is 22.9. The summed E-state index contributed by atoms with van der Waals surface area (Å²) in [6.45, 7) is 13.2. The van der Waals surface area contributed by atoms with Gasteiger partial charge in [-0.05, 0) is 179 Å². The van der Waals surface area contributed by atoms with Crippen LogP contribution in [-0.2, 0) is 5.41 Å². The van der Waals surface area contributed by atoms with Gasteiger partial charge in [0.15, 0.2) is 0 Å². The van der Waals surface area contributed by atoms with Crippen molar-refractivity contribution in [2.75, 3.05) is 9.80 Å². The molecule has 0 unspecified atom stereocenters. The van der Waals surface area contributed by atoms with Crippen LogP contribution >= 0.6 is 0 Å². The normalized spacial score (nSPS) is 12.9. The lowest BCUT2D eigenvalue weighted by molar-refractivity contribution is 0.802. The van der Waals surface area contributed by atoms with Crippen molar-refractivity contribution >= 4 is 55.7 Å². The molecule has 2 aliphatic carbocycles. The van der Waals surface area contributed by atoms with Gasteiger partial charge in [0.05, 0.1) is 11.1 Å². The van der Waals surface area contributed by atoms with Crippen LogP contribution in [0.3, 0.4) is 0 Å². The molecular formula is C63H50N2. The van der Waals surface area contributed by atoms with Crippen LogP contribution in [0.15, 0.2) is 194 Å². The van der Waals surface area contributed by atoms with Crippen molar-refractivity contribution in [3.05, 3.63) is 250 Å². The first kappa shape index (κ1) is 39.0. The van der Waals surface area contributed by atoms with Gasteiger partial charge in [-0.2, -0.15) is 0 Å². The van der Waals surface area contributed by atoms with E-state index in [1.165, 1.54) is 116 Å². The molecule has 65 heavy (non-hydrogen) atoms. The lowest BCUT2D eigenvalue weighted by Gasteiger charge is -2.34. The second-order valence-electron chi connectivity index (χ2n) is 18.5. The van der Waals surface area contributed by atoms with Crippen LogP contribution in [0.4, 0.5) is 34.1 Å². The maximum Gasteiger partial charge on any atom is 0.0732 e. The van der Waals surface area contributed by atoms with Crippen molar-refractivity contribution in [1.29, 1.82) is 0 Å². The fraction of sp³-hybridized carbons (Fsp3) is 0.111. The van der Waals surface area contributed by atoms with Crippen LogP contribution in [-0.4, -0.2) is 0 Å². The van der Waals surface area contributed by atoms with Crippen LogP contribution in [0.1, 0.15) is 55.6 Å². The van der Waals surface area contributed by atoms with E-state index in [1.807, 2.05) is 0 Å². The number of nitrogens with zero attached hydrogens (tertiary/aromatic N) is 2. The monoisotopic (exact) mass is 834 g/mol. The summed E-state index contributed by atoms with van der Waals surface area (Å²) in [7, 11) is 0. The molecule has 312 valence electrons. The van der Waals surface area contributed by atoms with E-state index in [0.29, 0.717) is 0 Å². The number of benzene rings is 10. The number of hydrogen-bond acceptors (Lipinski definition) is 2. The third-order valence-corrected chi connectivity index (χ3v) is 14.3. The number of rotatable bonds is 6. The molecule has 2 nitrogen and oxygen atoms in total. The molecule has 2 aliphatic rings. The van der Waals surface area contributed by atoms with Gasteiger partial charge in [0, 0.05) is 33.8 Å². The first-order valence-corrected chi connectivity index (χ1v) is 22.9. The largest absolute Gasteiger partial charge is 0.310 e. The predicted molar refractivity (Wildman–Crippen MR) is 276 cm³/mol. The third-order valence-electron chi connectivity index (χ3n) is 14.3. The summed E-state index contributed by atoms with van der Waals surface area (Å²) >= 11 is 0. The minimum absolute atomic E-state index is 0.581. The van der Waals surface area contributed by atoms with Crippen molar-refractivity contribution in [1.82, 2.24) is 0 Å². The second kappa shape index (κ2) is 14.7. The molecule has 0 atom stereocenters. The number of hydrogen-bond donors (Lipinski definition) is 0. The van der Waals surface area contributed by atoms with Crippen LogP contribution in [0, 0.1) is 41.5 Å². The smallest absolute Gasteiger partial charge is 0.0732 e. The van der Waals surface area contributed by atoms with Gasteiger partial charge >= 0.3 is 0 Å². The zero-order valence-corrected chi connectivity index (χ0v) is 37.9. The third kappa shape index (κ3) is 5.80. The molecule has 1 spiro atoms. The van der Waals surface area contributed by atoms with E-state index >= 15 is 0 Å². The molecular weight excluding hydrogens is 785 g/mol. The van der Waals surface area contributed by atoms with Gasteiger partial charge in [-0.15, -0.1) is 0 Å². The van der Waals surface area contributed by atoms with Crippen molar-refractivity contribution in [2.24, 2.45) is 0 Å². The van der Waals surface area contributed by atoms with Crippen molar-refractivity contribution in [2.45, 2.75) is 47.0 Å². The van der Waals surface area contributed by atoms with E-state index in [2.05, 4.69) is 245 Å². The zero-order chi connectivity index (χ0) is 44.1. The maximum atomic E-state index is 2.57. The Kier molecular flexibility index (Phi) is 8.80. The van der Waals surface area contributed by atoms with Gasteiger partial charge in [0.1, 0.15) is 0 Å². The summed E-state index contributed by atoms with van der Waals surface area (Å²) in [6.07, 6.45) is 0. The molecule has 0 aromatic heterocycles. The highest BCUT2D eigenvalue weighted by Gasteiger charge is 2.53. The fourth-order valence-corrected chi connectivity index (χ4v) is 11.3. The van der Waals surface area contributed by atoms with E-state index in [4.69, 9.17) is 0 Å². The summed E-state index contributed by atoms with van der Waals surface area (Å²) < 4.78 is 0. The molecule has 0 fully saturated rings. The standard InChI is InChI=1S/C63H50N2/c1-39-21-28-46(29-22-39)64(58-35-41(3)19-25-43(58)5)48-32-34-49-45(37-48)27-33-54-61-53-16-8-7-15-52(53)60(65(47-30-23-40(2)24-31-47)59-36-42(4)20-26-44(59)6)38-57(61)63(62(49)54)55-17-11-9-13-50(55)51-14-10-12-18-56(51)63/h7-38H,1-6H3. The Labute approximate surface area is 382 Å². The Morgan fingerprint density at radius 3 is 1.45 bits per heavy atom. The SMILES string of the molecule is Cc1ccc(N(c2ccc3c4c(ccc3c2)-c2c(cc(N(c3ccc(C)cc3)c3cc(C)ccc3C)c3ccccc23)C42c3ccccc3-c3ccccc32)c2cc(C)ccc2C)cc1. The van der Waals surface area contributed by atoms with Gasteiger partial charge in [-0.1, -0.05) is 151 Å². The van der Waals surface area contributed by atoms with Crippen molar-refractivity contribution in [3.8, 4) is 22.3 Å². The van der Waals surface area contributed by atoms with Crippen molar-refractivity contribution in [3.63, 3.8) is 0 Å². The fourth-order valence-electron chi connectivity index (χ4n) is 11.3. The Bertz CT molecular complexity index is 3510. The topological polar surface area (TPSA) is 6.48 Å². The first-order chi connectivity index (χ1) is 31.7. The van der Waals surface area contributed by atoms with E-state index in [9.17, 15) is 0 Å². The Morgan fingerprint density at radius 1 is 0.323 bits per heavy atom. The summed E-state index contributed by atoms with van der Waals surface area (Å²) in [5.41, 5.74) is 24.4. The van der Waals surface area contributed by atoms with E-state index in [0.717, 1.165) is 17.1 Å². The van der Waals surface area contributed by atoms with E-state index < -0.39 is 5.41 Å². The molecule has 10 aromatic carbocycles. The summed E-state index contributed by atoms with van der Waals surface area (Å²) in [4.78, 5) is 4.96. The minimum Gasteiger partial charge on any atom is -0.310 e. The number of fused-ring (bicyclic) bond motifs is 14. The predicted octanol–water partition coefficient (Wildman–Crippen LogP) is 17.1. The zero-order valence-electron chi connectivity index (χ0n) is 37.9. The molecule has 0 N–H and O–H groups in total. The molecule has 0 aliphatic heterocycles. The van der Waals surface area contributed by atoms with Gasteiger partial charge in [0.2, 0.25) is 0 Å². The van der Waals surface area contributed by atoms with Crippen LogP contribution in [0.25, 0.3) is 43.8 Å². The lowest BCUT2D eigenvalue weighted by Crippen LogP contribution is -2.26. The van der Waals surface area contributed by atoms with Crippen LogP contribution in [0.5, 0.6) is 0 Å². The number of aryl methyl sites for hydroxylation is 6. The highest BCUT2D eigenvalue weighted by molar-refractivity contribution is 6.15. The Morgan fingerprint density at radius 2 is 0.831 bits per heavy atom. The van der Waals surface area contributed by atoms with Crippen LogP contribution < -0.4 is 9.80 Å². The quantitative estimate of drug-likeness (QED) is 0.165. The molecule has 12 rings (SSSR count). The molecule has 0 radical (unpaired) electrons. The second-order valence-corrected chi connectivity index (χ2v) is 18.5. The summed E-state index contributed by atoms with van der Waals surface area (Å²) in [6, 6.07) is 73.7. The Hall–Kier alpha value is -7.68. The number of anilines is 6. The Balaban J connectivity index is 1.19. The van der Waals surface area contributed by atoms with Gasteiger partial charge in [-0.25, -0.2) is 0 Å². The molecule has 2 heteroatoms. The average molecular weight is 835 g/mol. The van der Waals surface area contributed by atoms with Crippen LogP contribution in [0.2, 0.25) is 0 Å². The van der Waals surface area contributed by atoms with Gasteiger partial charge < -0.3 is 9.80 Å². The highest BCUT2D eigenvalue weighted by atomic mass is 15.2. The summed E-state index contributed by atoms with van der Waals surface area (Å²) in [5.74, 6) is 0. The summed E-state index contributed by atoms with van der Waals surface area (Å²) in [5, 5.41) is 4.99. The molecule has 0 saturated heterocycles.